The third-order valence-electron chi connectivity index (χ3n) is 4.55. The normalized spacial score (nSPS) is 15.5. The van der Waals surface area contributed by atoms with E-state index in [0.717, 1.165) is 11.4 Å². The second kappa shape index (κ2) is 8.83. The zero-order valence-electron chi connectivity index (χ0n) is 15.0. The van der Waals surface area contributed by atoms with Crippen LogP contribution >= 0.6 is 0 Å². The highest BCUT2D eigenvalue weighted by Crippen LogP contribution is 2.21. The summed E-state index contributed by atoms with van der Waals surface area (Å²) in [5.74, 6) is -0.0670. The molecule has 5 heteroatoms. The fraction of sp³-hybridized carbons (Fsp3) is 0.579. The van der Waals surface area contributed by atoms with E-state index in [-0.39, 0.29) is 17.7 Å². The van der Waals surface area contributed by atoms with Crippen molar-refractivity contribution < 1.29 is 9.59 Å². The van der Waals surface area contributed by atoms with Gasteiger partial charge in [-0.1, -0.05) is 33.1 Å². The summed E-state index contributed by atoms with van der Waals surface area (Å²) in [5.41, 5.74) is 1.49. The number of carbonyl (C=O) groups is 2. The highest BCUT2D eigenvalue weighted by molar-refractivity contribution is 5.94. The van der Waals surface area contributed by atoms with Gasteiger partial charge in [-0.25, -0.2) is 0 Å². The Balaban J connectivity index is 1.82. The summed E-state index contributed by atoms with van der Waals surface area (Å²) in [6.45, 7) is 4.12. The number of anilines is 2. The maximum absolute atomic E-state index is 12.2. The molecule has 24 heavy (non-hydrogen) atoms. The first-order valence-electron chi connectivity index (χ1n) is 8.86. The minimum atomic E-state index is -0.0558. The minimum absolute atomic E-state index is 0.00189. The van der Waals surface area contributed by atoms with E-state index in [1.807, 2.05) is 33.0 Å². The van der Waals surface area contributed by atoms with Gasteiger partial charge in [-0.05, 0) is 44.2 Å². The van der Waals surface area contributed by atoms with Crippen LogP contribution in [0.5, 0.6) is 0 Å². The van der Waals surface area contributed by atoms with Gasteiger partial charge in [-0.2, -0.15) is 0 Å². The lowest BCUT2D eigenvalue weighted by molar-refractivity contribution is -0.119. The van der Waals surface area contributed by atoms with Crippen LogP contribution in [0, 0.1) is 5.92 Å². The van der Waals surface area contributed by atoms with Crippen LogP contribution in [0.2, 0.25) is 0 Å². The predicted molar refractivity (Wildman–Crippen MR) is 98.0 cm³/mol. The molecule has 2 amide bonds. The van der Waals surface area contributed by atoms with E-state index < -0.39 is 0 Å². The molecule has 0 saturated heterocycles. The van der Waals surface area contributed by atoms with Crippen molar-refractivity contribution in [3.8, 4) is 0 Å². The number of hydrogen-bond donors (Lipinski definition) is 2. The Morgan fingerprint density at radius 1 is 1.04 bits per heavy atom. The summed E-state index contributed by atoms with van der Waals surface area (Å²) in [5, 5.41) is 5.76. The minimum Gasteiger partial charge on any atom is -0.326 e. The predicted octanol–water partition coefficient (Wildman–Crippen LogP) is 3.48. The average Bonchev–Trinajstić information content (AvgIpc) is 2.57. The molecule has 132 valence electrons. The summed E-state index contributed by atoms with van der Waals surface area (Å²) >= 11 is 0. The molecule has 0 atom stereocenters. The lowest BCUT2D eigenvalue weighted by Crippen LogP contribution is -2.39. The van der Waals surface area contributed by atoms with Crippen LogP contribution in [-0.4, -0.2) is 36.3 Å². The number of nitrogens with zero attached hydrogens (tertiary/aromatic N) is 1. The number of amides is 2. The molecule has 0 spiro atoms. The van der Waals surface area contributed by atoms with Crippen molar-refractivity contribution >= 4 is 23.2 Å². The molecule has 1 aromatic carbocycles. The largest absolute Gasteiger partial charge is 0.326 e. The van der Waals surface area contributed by atoms with E-state index in [1.54, 1.807) is 12.1 Å². The van der Waals surface area contributed by atoms with Crippen LogP contribution in [0.1, 0.15) is 46.0 Å². The topological polar surface area (TPSA) is 61.4 Å². The second-order valence-electron chi connectivity index (χ2n) is 6.98. The molecule has 0 aromatic heterocycles. The van der Waals surface area contributed by atoms with Gasteiger partial charge in [0.2, 0.25) is 11.8 Å². The first-order chi connectivity index (χ1) is 11.5. The summed E-state index contributed by atoms with van der Waals surface area (Å²) in [7, 11) is 2.03. The Hall–Kier alpha value is -1.88. The van der Waals surface area contributed by atoms with Gasteiger partial charge in [0.1, 0.15) is 0 Å². The van der Waals surface area contributed by atoms with E-state index in [4.69, 9.17) is 0 Å². The number of likely N-dealkylation sites (N-methyl/N-ethyl adjacent to an activating group) is 1. The van der Waals surface area contributed by atoms with Gasteiger partial charge >= 0.3 is 0 Å². The van der Waals surface area contributed by atoms with Crippen molar-refractivity contribution in [1.82, 2.24) is 4.90 Å². The number of nitrogens with one attached hydrogen (secondary N) is 2. The van der Waals surface area contributed by atoms with E-state index in [9.17, 15) is 9.59 Å². The lowest BCUT2D eigenvalue weighted by atomic mass is 9.94. The molecule has 1 aliphatic carbocycles. The molecular weight excluding hydrogens is 302 g/mol. The highest BCUT2D eigenvalue weighted by Gasteiger charge is 2.19. The van der Waals surface area contributed by atoms with Crippen LogP contribution < -0.4 is 10.6 Å². The van der Waals surface area contributed by atoms with Crippen molar-refractivity contribution in [1.29, 1.82) is 0 Å². The Morgan fingerprint density at radius 2 is 1.58 bits per heavy atom. The van der Waals surface area contributed by atoms with E-state index in [2.05, 4.69) is 15.5 Å². The van der Waals surface area contributed by atoms with E-state index in [0.29, 0.717) is 12.6 Å². The molecule has 0 bridgehead atoms. The molecule has 0 aliphatic heterocycles. The lowest BCUT2D eigenvalue weighted by Gasteiger charge is -2.30. The number of carbonyl (C=O) groups excluding carboxylic acids is 2. The molecule has 1 aliphatic rings. The first kappa shape index (κ1) is 18.5. The van der Waals surface area contributed by atoms with Gasteiger partial charge < -0.3 is 10.6 Å². The third-order valence-corrected chi connectivity index (χ3v) is 4.55. The van der Waals surface area contributed by atoms with Crippen molar-refractivity contribution in [3.05, 3.63) is 24.3 Å². The molecule has 2 rings (SSSR count). The van der Waals surface area contributed by atoms with Crippen molar-refractivity contribution in [3.63, 3.8) is 0 Å². The van der Waals surface area contributed by atoms with Crippen LogP contribution in [0.4, 0.5) is 11.4 Å². The van der Waals surface area contributed by atoms with Gasteiger partial charge in [0.15, 0.2) is 0 Å². The van der Waals surface area contributed by atoms with Crippen molar-refractivity contribution in [2.75, 3.05) is 24.2 Å². The smallest absolute Gasteiger partial charge is 0.238 e. The zero-order chi connectivity index (χ0) is 17.5. The number of rotatable bonds is 6. The van der Waals surface area contributed by atoms with Gasteiger partial charge in [-0.15, -0.1) is 0 Å². The fourth-order valence-corrected chi connectivity index (χ4v) is 3.00. The van der Waals surface area contributed by atoms with E-state index in [1.165, 1.54) is 32.1 Å². The zero-order valence-corrected chi connectivity index (χ0v) is 15.0. The highest BCUT2D eigenvalue weighted by atomic mass is 16.2. The SMILES string of the molecule is CC(C)C(=O)Nc1ccc(NC(=O)CN(C)C2CCCCC2)cc1. The molecule has 1 fully saturated rings. The summed E-state index contributed by atoms with van der Waals surface area (Å²) in [6, 6.07) is 7.77. The van der Waals surface area contributed by atoms with Crippen molar-refractivity contribution in [2.24, 2.45) is 5.92 Å². The molecule has 0 unspecified atom stereocenters. The van der Waals surface area contributed by atoms with Crippen molar-refractivity contribution in [2.45, 2.75) is 52.0 Å². The third kappa shape index (κ3) is 5.64. The van der Waals surface area contributed by atoms with Gasteiger partial charge in [0.05, 0.1) is 6.54 Å². The number of hydrogen-bond acceptors (Lipinski definition) is 3. The molecule has 1 aromatic rings. The van der Waals surface area contributed by atoms with Crippen LogP contribution in [0.15, 0.2) is 24.3 Å². The Labute approximate surface area is 144 Å². The van der Waals surface area contributed by atoms with Crippen LogP contribution in [0.3, 0.4) is 0 Å². The molecular formula is C19H29N3O2. The second-order valence-corrected chi connectivity index (χ2v) is 6.98. The standard InChI is InChI=1S/C19H29N3O2/c1-14(2)19(24)21-16-11-9-15(10-12-16)20-18(23)13-22(3)17-7-5-4-6-8-17/h9-12,14,17H,4-8,13H2,1-3H3,(H,20,23)(H,21,24). The molecule has 0 radical (unpaired) electrons. The number of benzene rings is 1. The monoisotopic (exact) mass is 331 g/mol. The van der Waals surface area contributed by atoms with Gasteiger partial charge in [0.25, 0.3) is 0 Å². The molecule has 2 N–H and O–H groups in total. The molecule has 1 saturated carbocycles. The Morgan fingerprint density at radius 3 is 2.12 bits per heavy atom. The van der Waals surface area contributed by atoms with Gasteiger partial charge in [-0.3, -0.25) is 14.5 Å². The fourth-order valence-electron chi connectivity index (χ4n) is 3.00. The quantitative estimate of drug-likeness (QED) is 0.839. The molecule has 5 nitrogen and oxygen atoms in total. The summed E-state index contributed by atoms with van der Waals surface area (Å²) in [6.07, 6.45) is 6.22. The van der Waals surface area contributed by atoms with Gasteiger partial charge in [0, 0.05) is 23.3 Å². The van der Waals surface area contributed by atoms with Crippen LogP contribution in [0.25, 0.3) is 0 Å². The average molecular weight is 331 g/mol. The summed E-state index contributed by atoms with van der Waals surface area (Å²) < 4.78 is 0. The Kier molecular flexibility index (Phi) is 6.79. The maximum Gasteiger partial charge on any atom is 0.238 e. The van der Waals surface area contributed by atoms with E-state index >= 15 is 0 Å². The summed E-state index contributed by atoms with van der Waals surface area (Å²) in [4.78, 5) is 26.0. The first-order valence-corrected chi connectivity index (χ1v) is 8.86. The molecule has 0 heterocycles. The van der Waals surface area contributed by atoms with Crippen LogP contribution in [-0.2, 0) is 9.59 Å². The maximum atomic E-state index is 12.2. The Bertz CT molecular complexity index is 548.